The average molecular weight is 194 g/mol. The van der Waals surface area contributed by atoms with Crippen LogP contribution in [-0.4, -0.2) is 11.2 Å². The van der Waals surface area contributed by atoms with Crippen LogP contribution in [-0.2, 0) is 16.1 Å². The minimum absolute atomic E-state index is 0.549. The third-order valence-electron chi connectivity index (χ3n) is 2.12. The smallest absolute Gasteiger partial charge is 0.300 e. The van der Waals surface area contributed by atoms with Gasteiger partial charge < -0.3 is 4.89 Å². The van der Waals surface area contributed by atoms with Gasteiger partial charge in [0.2, 0.25) is 0 Å². The first kappa shape index (κ1) is 10.7. The minimum atomic E-state index is -0.698. The van der Waals surface area contributed by atoms with Crippen molar-refractivity contribution in [2.75, 3.05) is 0 Å². The van der Waals surface area contributed by atoms with E-state index in [-0.39, 0.29) is 0 Å². The Morgan fingerprint density at radius 2 is 1.93 bits per heavy atom. The van der Waals surface area contributed by atoms with Crippen molar-refractivity contribution in [3.8, 4) is 0 Å². The van der Waals surface area contributed by atoms with Crippen molar-refractivity contribution in [2.45, 2.75) is 20.3 Å². The van der Waals surface area contributed by atoms with Gasteiger partial charge in [-0.3, -0.25) is 0 Å². The molecule has 1 N–H and O–H groups in total. The molecule has 3 nitrogen and oxygen atoms in total. The first-order chi connectivity index (χ1) is 6.56. The summed E-state index contributed by atoms with van der Waals surface area (Å²) in [5, 5.41) is 8.30. The Morgan fingerprint density at radius 1 is 1.36 bits per heavy atom. The second-order valence-electron chi connectivity index (χ2n) is 3.93. The number of hydrogen-bond donors (Lipinski definition) is 1. The molecule has 0 radical (unpaired) electrons. The van der Waals surface area contributed by atoms with Crippen LogP contribution in [0.4, 0.5) is 0 Å². The van der Waals surface area contributed by atoms with Crippen LogP contribution in [0.25, 0.3) is 0 Å². The molecule has 76 valence electrons. The van der Waals surface area contributed by atoms with Gasteiger partial charge in [-0.25, -0.2) is 4.79 Å². The predicted molar refractivity (Wildman–Crippen MR) is 52.6 cm³/mol. The summed E-state index contributed by atoms with van der Waals surface area (Å²) >= 11 is 0. The Bertz CT molecular complexity index is 304. The molecule has 0 saturated carbocycles. The highest BCUT2D eigenvalue weighted by Crippen LogP contribution is 2.22. The first-order valence-electron chi connectivity index (χ1n) is 4.46. The second-order valence-corrected chi connectivity index (χ2v) is 3.93. The summed E-state index contributed by atoms with van der Waals surface area (Å²) in [4.78, 5) is 14.9. The molecule has 0 atom stereocenters. The Labute approximate surface area is 83.3 Å². The highest BCUT2D eigenvalue weighted by molar-refractivity contribution is 5.75. The zero-order chi connectivity index (χ0) is 10.6. The van der Waals surface area contributed by atoms with Crippen molar-refractivity contribution in [1.29, 1.82) is 0 Å². The van der Waals surface area contributed by atoms with Crippen LogP contribution in [0, 0.1) is 5.41 Å². The van der Waals surface area contributed by atoms with Gasteiger partial charge in [0.05, 0.1) is 5.41 Å². The summed E-state index contributed by atoms with van der Waals surface area (Å²) < 4.78 is 0. The molecule has 0 aliphatic carbocycles. The summed E-state index contributed by atoms with van der Waals surface area (Å²) in [6.45, 7) is 3.47. The predicted octanol–water partition coefficient (Wildman–Crippen LogP) is 2.27. The monoisotopic (exact) mass is 194 g/mol. The molecule has 0 amide bonds. The molecular weight excluding hydrogens is 180 g/mol. The molecule has 0 spiro atoms. The van der Waals surface area contributed by atoms with E-state index in [1.165, 1.54) is 0 Å². The van der Waals surface area contributed by atoms with Crippen molar-refractivity contribution in [3.05, 3.63) is 35.9 Å². The van der Waals surface area contributed by atoms with E-state index in [0.717, 1.165) is 5.56 Å². The molecule has 1 rings (SSSR count). The van der Waals surface area contributed by atoms with Gasteiger partial charge in [0.1, 0.15) is 0 Å². The Hall–Kier alpha value is -1.35. The fraction of sp³-hybridized carbons (Fsp3) is 0.364. The summed E-state index contributed by atoms with van der Waals surface area (Å²) in [7, 11) is 0. The lowest BCUT2D eigenvalue weighted by Crippen LogP contribution is -2.28. The van der Waals surface area contributed by atoms with Crippen molar-refractivity contribution in [3.63, 3.8) is 0 Å². The number of hydrogen-bond acceptors (Lipinski definition) is 3. The SMILES string of the molecule is CC(C)(Cc1ccccc1)C(=O)OO. The van der Waals surface area contributed by atoms with Gasteiger partial charge in [-0.15, -0.1) is 0 Å². The number of rotatable bonds is 3. The maximum atomic E-state index is 11.2. The maximum Gasteiger partial charge on any atom is 0.347 e. The summed E-state index contributed by atoms with van der Waals surface area (Å²) in [5.41, 5.74) is 0.346. The molecule has 1 aromatic rings. The number of carbonyl (C=O) groups excluding carboxylic acids is 1. The van der Waals surface area contributed by atoms with E-state index in [0.29, 0.717) is 6.42 Å². The first-order valence-corrected chi connectivity index (χ1v) is 4.46. The van der Waals surface area contributed by atoms with E-state index < -0.39 is 11.4 Å². The fourth-order valence-corrected chi connectivity index (χ4v) is 1.30. The van der Waals surface area contributed by atoms with Gasteiger partial charge >= 0.3 is 5.97 Å². The third kappa shape index (κ3) is 2.57. The van der Waals surface area contributed by atoms with Gasteiger partial charge in [0.15, 0.2) is 0 Å². The van der Waals surface area contributed by atoms with Crippen LogP contribution in [0.1, 0.15) is 19.4 Å². The molecule has 0 heterocycles. The molecule has 3 heteroatoms. The topological polar surface area (TPSA) is 46.5 Å². The zero-order valence-corrected chi connectivity index (χ0v) is 8.36. The van der Waals surface area contributed by atoms with Crippen molar-refractivity contribution >= 4 is 5.97 Å². The summed E-state index contributed by atoms with van der Waals surface area (Å²) in [6.07, 6.45) is 0.549. The average Bonchev–Trinajstić information content (AvgIpc) is 2.17. The number of carbonyl (C=O) groups is 1. The van der Waals surface area contributed by atoms with Crippen molar-refractivity contribution in [2.24, 2.45) is 5.41 Å². The van der Waals surface area contributed by atoms with E-state index >= 15 is 0 Å². The molecule has 0 aliphatic heterocycles. The Kier molecular flexibility index (Phi) is 3.25. The van der Waals surface area contributed by atoms with Crippen LogP contribution in [0.3, 0.4) is 0 Å². The normalized spacial score (nSPS) is 11.1. The molecule has 0 unspecified atom stereocenters. The lowest BCUT2D eigenvalue weighted by Gasteiger charge is -2.19. The van der Waals surface area contributed by atoms with Gasteiger partial charge in [0.25, 0.3) is 0 Å². The molecular formula is C11H14O3. The lowest BCUT2D eigenvalue weighted by molar-refractivity contribution is -0.244. The Morgan fingerprint density at radius 3 is 2.43 bits per heavy atom. The largest absolute Gasteiger partial charge is 0.347 e. The van der Waals surface area contributed by atoms with E-state index in [9.17, 15) is 4.79 Å². The van der Waals surface area contributed by atoms with E-state index in [4.69, 9.17) is 5.26 Å². The van der Waals surface area contributed by atoms with Crippen LogP contribution < -0.4 is 0 Å². The molecule has 14 heavy (non-hydrogen) atoms. The summed E-state index contributed by atoms with van der Waals surface area (Å²) in [6, 6.07) is 9.62. The quantitative estimate of drug-likeness (QED) is 0.593. The van der Waals surface area contributed by atoms with E-state index in [1.807, 2.05) is 30.3 Å². The Balaban J connectivity index is 2.73. The van der Waals surface area contributed by atoms with Gasteiger partial charge in [-0.2, -0.15) is 5.26 Å². The molecule has 1 aromatic carbocycles. The molecule has 0 saturated heterocycles. The van der Waals surface area contributed by atoms with Crippen molar-refractivity contribution < 1.29 is 14.9 Å². The standard InChI is InChI=1S/C11H14O3/c1-11(2,10(12)14-13)8-9-6-4-3-5-7-9/h3-7,13H,8H2,1-2H3. The highest BCUT2D eigenvalue weighted by Gasteiger charge is 2.29. The molecule has 0 fully saturated rings. The van der Waals surface area contributed by atoms with E-state index in [1.54, 1.807) is 13.8 Å². The van der Waals surface area contributed by atoms with Crippen LogP contribution in [0.2, 0.25) is 0 Å². The van der Waals surface area contributed by atoms with Crippen molar-refractivity contribution in [1.82, 2.24) is 0 Å². The highest BCUT2D eigenvalue weighted by atomic mass is 17.1. The second kappa shape index (κ2) is 4.24. The molecule has 0 aliphatic rings. The van der Waals surface area contributed by atoms with Gasteiger partial charge in [0, 0.05) is 0 Å². The zero-order valence-electron chi connectivity index (χ0n) is 8.36. The minimum Gasteiger partial charge on any atom is -0.300 e. The van der Waals surface area contributed by atoms with Crippen LogP contribution in [0.15, 0.2) is 30.3 Å². The van der Waals surface area contributed by atoms with Gasteiger partial charge in [-0.05, 0) is 25.8 Å². The van der Waals surface area contributed by atoms with Crippen LogP contribution in [0.5, 0.6) is 0 Å². The van der Waals surface area contributed by atoms with Gasteiger partial charge in [-0.1, -0.05) is 30.3 Å². The third-order valence-corrected chi connectivity index (χ3v) is 2.12. The molecule has 0 bridgehead atoms. The fourth-order valence-electron chi connectivity index (χ4n) is 1.30. The van der Waals surface area contributed by atoms with E-state index in [2.05, 4.69) is 4.89 Å². The van der Waals surface area contributed by atoms with Crippen LogP contribution >= 0.6 is 0 Å². The lowest BCUT2D eigenvalue weighted by atomic mass is 9.86. The molecule has 0 aromatic heterocycles. The summed E-state index contributed by atoms with van der Waals surface area (Å²) in [5.74, 6) is -0.610. The maximum absolute atomic E-state index is 11.2. The number of benzene rings is 1.